The number of nitrogens with zero attached hydrogens (tertiary/aromatic N) is 3. The number of halogens is 1. The third-order valence-corrected chi connectivity index (χ3v) is 2.77. The van der Waals surface area contributed by atoms with E-state index in [0.29, 0.717) is 10.8 Å². The first-order chi connectivity index (χ1) is 10.4. The zero-order valence-corrected chi connectivity index (χ0v) is 12.4. The number of aromatic nitrogens is 3. The lowest BCUT2D eigenvalue weighted by molar-refractivity contribution is -0.152. The van der Waals surface area contributed by atoms with Crippen LogP contribution in [0.15, 0.2) is 24.3 Å². The van der Waals surface area contributed by atoms with Crippen LogP contribution in [0.2, 0.25) is 5.02 Å². The van der Waals surface area contributed by atoms with E-state index < -0.39 is 12.1 Å². The number of anilines is 2. The number of carbonyl (C=O) groups excluding carboxylic acids is 1. The van der Waals surface area contributed by atoms with Crippen molar-refractivity contribution >= 4 is 29.5 Å². The Morgan fingerprint density at radius 2 is 1.77 bits per heavy atom. The number of nitrogens with two attached hydrogens (primary N) is 2. The molecule has 9 heteroatoms. The summed E-state index contributed by atoms with van der Waals surface area (Å²) in [6, 6.07) is 6.62. The van der Waals surface area contributed by atoms with E-state index in [1.807, 2.05) is 0 Å². The Hall–Kier alpha value is -2.61. The van der Waals surface area contributed by atoms with Crippen molar-refractivity contribution in [3.63, 3.8) is 0 Å². The summed E-state index contributed by atoms with van der Waals surface area (Å²) in [7, 11) is 0. The average Bonchev–Trinajstić information content (AvgIpc) is 2.46. The number of rotatable bonds is 5. The predicted octanol–water partition coefficient (Wildman–Crippen LogP) is 1.20. The monoisotopic (exact) mass is 323 g/mol. The van der Waals surface area contributed by atoms with Crippen LogP contribution < -0.4 is 16.2 Å². The van der Waals surface area contributed by atoms with Crippen molar-refractivity contribution in [3.8, 4) is 5.75 Å². The van der Waals surface area contributed by atoms with Crippen LogP contribution in [-0.4, -0.2) is 27.0 Å². The number of esters is 1. The van der Waals surface area contributed by atoms with Crippen LogP contribution in [-0.2, 0) is 16.1 Å². The summed E-state index contributed by atoms with van der Waals surface area (Å²) < 4.78 is 10.5. The molecule has 0 radical (unpaired) electrons. The zero-order valence-electron chi connectivity index (χ0n) is 11.7. The Balaban J connectivity index is 1.89. The minimum atomic E-state index is -0.808. The first-order valence-corrected chi connectivity index (χ1v) is 6.66. The fraction of sp³-hybridized carbons (Fsp3) is 0.231. The molecule has 1 heterocycles. The molecule has 0 fully saturated rings. The summed E-state index contributed by atoms with van der Waals surface area (Å²) in [6.45, 7) is 1.39. The SMILES string of the molecule is C[C@H](Oc1ccc(Cl)cc1)C(=O)OCc1nc(N)nc(N)n1. The molecule has 116 valence electrons. The van der Waals surface area contributed by atoms with Gasteiger partial charge in [-0.05, 0) is 31.2 Å². The maximum Gasteiger partial charge on any atom is 0.347 e. The van der Waals surface area contributed by atoms with Crippen molar-refractivity contribution < 1.29 is 14.3 Å². The van der Waals surface area contributed by atoms with Gasteiger partial charge < -0.3 is 20.9 Å². The number of nitrogen functional groups attached to an aromatic ring is 2. The Morgan fingerprint density at radius 1 is 1.18 bits per heavy atom. The van der Waals surface area contributed by atoms with Crippen LogP contribution in [0.5, 0.6) is 5.75 Å². The van der Waals surface area contributed by atoms with Crippen molar-refractivity contribution in [2.45, 2.75) is 19.6 Å². The molecular formula is C13H14ClN5O3. The summed E-state index contributed by atoms with van der Waals surface area (Å²) in [4.78, 5) is 23.1. The largest absolute Gasteiger partial charge is 0.479 e. The van der Waals surface area contributed by atoms with Gasteiger partial charge in [0.25, 0.3) is 0 Å². The summed E-state index contributed by atoms with van der Waals surface area (Å²) in [6.07, 6.45) is -0.808. The number of carbonyl (C=O) groups is 1. The van der Waals surface area contributed by atoms with Crippen molar-refractivity contribution in [1.82, 2.24) is 15.0 Å². The molecule has 0 amide bonds. The Morgan fingerprint density at radius 3 is 2.36 bits per heavy atom. The number of hydrogen-bond acceptors (Lipinski definition) is 8. The second-order valence-corrected chi connectivity index (χ2v) is 4.73. The lowest BCUT2D eigenvalue weighted by atomic mass is 10.3. The molecule has 2 aromatic rings. The highest BCUT2D eigenvalue weighted by molar-refractivity contribution is 6.30. The molecule has 2 rings (SSSR count). The molecule has 0 unspecified atom stereocenters. The van der Waals surface area contributed by atoms with Gasteiger partial charge >= 0.3 is 5.97 Å². The van der Waals surface area contributed by atoms with Gasteiger partial charge in [-0.15, -0.1) is 0 Å². The molecule has 0 aliphatic rings. The topological polar surface area (TPSA) is 126 Å². The van der Waals surface area contributed by atoms with Gasteiger partial charge in [-0.2, -0.15) is 15.0 Å². The molecule has 22 heavy (non-hydrogen) atoms. The summed E-state index contributed by atoms with van der Waals surface area (Å²) in [5.74, 6) is 0.0140. The molecule has 1 aromatic heterocycles. The molecule has 0 bridgehead atoms. The van der Waals surface area contributed by atoms with E-state index in [9.17, 15) is 4.79 Å². The van der Waals surface area contributed by atoms with Crippen LogP contribution in [0.3, 0.4) is 0 Å². The third kappa shape index (κ3) is 4.45. The maximum absolute atomic E-state index is 11.9. The maximum atomic E-state index is 11.9. The van der Waals surface area contributed by atoms with Crippen LogP contribution in [0.25, 0.3) is 0 Å². The average molecular weight is 324 g/mol. The third-order valence-electron chi connectivity index (χ3n) is 2.52. The van der Waals surface area contributed by atoms with E-state index in [2.05, 4.69) is 15.0 Å². The van der Waals surface area contributed by atoms with E-state index in [1.54, 1.807) is 31.2 Å². The second-order valence-electron chi connectivity index (χ2n) is 4.29. The highest BCUT2D eigenvalue weighted by Gasteiger charge is 2.17. The quantitative estimate of drug-likeness (QED) is 0.786. The minimum Gasteiger partial charge on any atom is -0.479 e. The van der Waals surface area contributed by atoms with Gasteiger partial charge in [0.1, 0.15) is 5.75 Å². The first-order valence-electron chi connectivity index (χ1n) is 6.29. The summed E-state index contributed by atoms with van der Waals surface area (Å²) in [5.41, 5.74) is 10.8. The van der Waals surface area contributed by atoms with Gasteiger partial charge in [0, 0.05) is 5.02 Å². The molecule has 0 saturated carbocycles. The first kappa shape index (κ1) is 15.8. The Kier molecular flexibility index (Phi) is 4.95. The fourth-order valence-corrected chi connectivity index (χ4v) is 1.67. The van der Waals surface area contributed by atoms with Crippen molar-refractivity contribution in [2.75, 3.05) is 11.5 Å². The van der Waals surface area contributed by atoms with Gasteiger partial charge in [0.2, 0.25) is 11.9 Å². The standard InChI is InChI=1S/C13H14ClN5O3/c1-7(22-9-4-2-8(14)3-5-9)11(20)21-6-10-17-12(15)19-13(16)18-10/h2-5,7H,6H2,1H3,(H4,15,16,17,18,19)/t7-/m0/s1. The van der Waals surface area contributed by atoms with Crippen LogP contribution in [0.4, 0.5) is 11.9 Å². The minimum absolute atomic E-state index is 0.0380. The Labute approximate surface area is 131 Å². The van der Waals surface area contributed by atoms with Gasteiger partial charge in [-0.25, -0.2) is 4.79 Å². The molecule has 0 saturated heterocycles. The molecule has 4 N–H and O–H groups in total. The van der Waals surface area contributed by atoms with Gasteiger partial charge in [-0.1, -0.05) is 11.6 Å². The van der Waals surface area contributed by atoms with Gasteiger partial charge in [0.05, 0.1) is 0 Å². The molecule has 0 aliphatic carbocycles. The molecule has 8 nitrogen and oxygen atoms in total. The van der Waals surface area contributed by atoms with Crippen LogP contribution >= 0.6 is 11.6 Å². The highest BCUT2D eigenvalue weighted by atomic mass is 35.5. The van der Waals surface area contributed by atoms with Crippen molar-refractivity contribution in [1.29, 1.82) is 0 Å². The fourth-order valence-electron chi connectivity index (χ4n) is 1.54. The highest BCUT2D eigenvalue weighted by Crippen LogP contribution is 2.17. The van der Waals surface area contributed by atoms with E-state index in [1.165, 1.54) is 0 Å². The number of benzene rings is 1. The number of ether oxygens (including phenoxy) is 2. The summed E-state index contributed by atoms with van der Waals surface area (Å²) in [5, 5.41) is 0.576. The lowest BCUT2D eigenvalue weighted by Gasteiger charge is -2.13. The molecular weight excluding hydrogens is 310 g/mol. The summed E-state index contributed by atoms with van der Waals surface area (Å²) >= 11 is 5.77. The van der Waals surface area contributed by atoms with Crippen molar-refractivity contribution in [2.24, 2.45) is 0 Å². The van der Waals surface area contributed by atoms with Gasteiger partial charge in [-0.3, -0.25) is 0 Å². The normalized spacial score (nSPS) is 11.7. The molecule has 0 aliphatic heterocycles. The van der Waals surface area contributed by atoms with Crippen molar-refractivity contribution in [3.05, 3.63) is 35.1 Å². The lowest BCUT2D eigenvalue weighted by Crippen LogP contribution is -2.26. The van der Waals surface area contributed by atoms with E-state index in [4.69, 9.17) is 32.5 Å². The predicted molar refractivity (Wildman–Crippen MR) is 80.0 cm³/mol. The van der Waals surface area contributed by atoms with E-state index in [0.717, 1.165) is 0 Å². The molecule has 1 aromatic carbocycles. The van der Waals surface area contributed by atoms with Crippen LogP contribution in [0, 0.1) is 0 Å². The Bertz CT molecular complexity index is 645. The van der Waals surface area contributed by atoms with Gasteiger partial charge in [0.15, 0.2) is 18.5 Å². The van der Waals surface area contributed by atoms with Crippen LogP contribution in [0.1, 0.15) is 12.7 Å². The molecule has 0 spiro atoms. The van der Waals surface area contributed by atoms with E-state index in [-0.39, 0.29) is 24.3 Å². The number of hydrogen-bond donors (Lipinski definition) is 2. The smallest absolute Gasteiger partial charge is 0.347 e. The second kappa shape index (κ2) is 6.90. The molecule has 1 atom stereocenters. The zero-order chi connectivity index (χ0) is 16.1. The van der Waals surface area contributed by atoms with E-state index >= 15 is 0 Å².